The Morgan fingerprint density at radius 1 is 1.03 bits per heavy atom. The van der Waals surface area contributed by atoms with Gasteiger partial charge in [-0.2, -0.15) is 0 Å². The first-order valence-corrected chi connectivity index (χ1v) is 8.99. The Kier molecular flexibility index (Phi) is 7.97. The van der Waals surface area contributed by atoms with E-state index in [0.717, 1.165) is 5.56 Å². The fourth-order valence-corrected chi connectivity index (χ4v) is 2.38. The minimum Gasteiger partial charge on any atom is -0.493 e. The second-order valence-corrected chi connectivity index (χ2v) is 5.97. The van der Waals surface area contributed by atoms with Crippen LogP contribution < -0.4 is 14.8 Å². The van der Waals surface area contributed by atoms with E-state index in [4.69, 9.17) is 14.2 Å². The van der Waals surface area contributed by atoms with Crippen LogP contribution in [-0.2, 0) is 14.3 Å². The largest absolute Gasteiger partial charge is 0.493 e. The number of hydrogen-bond donors (Lipinski definition) is 1. The summed E-state index contributed by atoms with van der Waals surface area (Å²) in [5.74, 6) is -0.102. The number of Topliss-reactive ketones (excluding diaryl/α,β-unsaturated/α-hetero) is 1. The predicted molar refractivity (Wildman–Crippen MR) is 109 cm³/mol. The molecule has 0 saturated heterocycles. The average molecular weight is 397 g/mol. The van der Waals surface area contributed by atoms with Crippen LogP contribution in [-0.4, -0.2) is 38.0 Å². The van der Waals surface area contributed by atoms with Crippen molar-refractivity contribution in [2.24, 2.45) is 0 Å². The molecule has 7 nitrogen and oxygen atoms in total. The first-order valence-electron chi connectivity index (χ1n) is 8.99. The topological polar surface area (TPSA) is 90.9 Å². The maximum absolute atomic E-state index is 12.1. The zero-order chi connectivity index (χ0) is 21.2. The van der Waals surface area contributed by atoms with Crippen LogP contribution in [0.25, 0.3) is 6.08 Å². The second-order valence-electron chi connectivity index (χ2n) is 5.97. The van der Waals surface area contributed by atoms with E-state index in [1.807, 2.05) is 0 Å². The first-order chi connectivity index (χ1) is 13.9. The van der Waals surface area contributed by atoms with E-state index in [0.29, 0.717) is 29.4 Å². The maximum Gasteiger partial charge on any atom is 0.330 e. The van der Waals surface area contributed by atoms with E-state index in [-0.39, 0.29) is 18.3 Å². The molecule has 2 aromatic carbocycles. The lowest BCUT2D eigenvalue weighted by molar-refractivity contribution is -0.137. The number of nitrogens with one attached hydrogen (secondary N) is 1. The highest BCUT2D eigenvalue weighted by molar-refractivity contribution is 5.95. The molecular formula is C22H23NO6. The van der Waals surface area contributed by atoms with Crippen molar-refractivity contribution in [1.82, 2.24) is 0 Å². The molecule has 0 aromatic heterocycles. The van der Waals surface area contributed by atoms with Crippen molar-refractivity contribution in [2.75, 3.05) is 25.6 Å². The third-order valence-electron chi connectivity index (χ3n) is 3.82. The molecule has 0 radical (unpaired) electrons. The molecule has 0 aliphatic rings. The zero-order valence-corrected chi connectivity index (χ0v) is 16.6. The number of anilines is 1. The molecule has 2 rings (SSSR count). The molecule has 0 aliphatic carbocycles. The van der Waals surface area contributed by atoms with E-state index in [1.165, 1.54) is 20.1 Å². The number of ether oxygens (including phenoxy) is 3. The van der Waals surface area contributed by atoms with Crippen molar-refractivity contribution < 1.29 is 28.6 Å². The van der Waals surface area contributed by atoms with Gasteiger partial charge in [0, 0.05) is 17.3 Å². The summed E-state index contributed by atoms with van der Waals surface area (Å²) in [4.78, 5) is 34.9. The fraction of sp³-hybridized carbons (Fsp3) is 0.227. The molecule has 0 unspecified atom stereocenters. The SMILES string of the molecule is CCOC(=O)C=Cc1ccc(NC(=O)COc2ccc(C(C)=O)cc2OC)cc1. The first kappa shape index (κ1) is 21.7. The van der Waals surface area contributed by atoms with Gasteiger partial charge >= 0.3 is 5.97 Å². The number of ketones is 1. The molecule has 0 spiro atoms. The molecule has 2 aromatic rings. The second kappa shape index (κ2) is 10.7. The van der Waals surface area contributed by atoms with Gasteiger partial charge in [0.1, 0.15) is 0 Å². The number of methoxy groups -OCH3 is 1. The van der Waals surface area contributed by atoms with E-state index in [2.05, 4.69) is 5.32 Å². The van der Waals surface area contributed by atoms with Gasteiger partial charge < -0.3 is 19.5 Å². The molecular weight excluding hydrogens is 374 g/mol. The molecule has 0 aliphatic heterocycles. The molecule has 1 amide bonds. The van der Waals surface area contributed by atoms with Crippen molar-refractivity contribution in [3.8, 4) is 11.5 Å². The summed E-state index contributed by atoms with van der Waals surface area (Å²) in [5.41, 5.74) is 1.88. The Labute approximate surface area is 169 Å². The molecule has 1 N–H and O–H groups in total. The lowest BCUT2D eigenvalue weighted by Gasteiger charge is -2.12. The average Bonchev–Trinajstić information content (AvgIpc) is 2.71. The van der Waals surface area contributed by atoms with Crippen LogP contribution >= 0.6 is 0 Å². The van der Waals surface area contributed by atoms with Crippen LogP contribution in [0.4, 0.5) is 5.69 Å². The highest BCUT2D eigenvalue weighted by Crippen LogP contribution is 2.28. The number of carbonyl (C=O) groups is 3. The van der Waals surface area contributed by atoms with Crippen LogP contribution in [0.1, 0.15) is 29.8 Å². The third-order valence-corrected chi connectivity index (χ3v) is 3.82. The lowest BCUT2D eigenvalue weighted by Crippen LogP contribution is -2.20. The Hall–Kier alpha value is -3.61. The summed E-state index contributed by atoms with van der Waals surface area (Å²) in [6.07, 6.45) is 2.97. The highest BCUT2D eigenvalue weighted by Gasteiger charge is 2.10. The Balaban J connectivity index is 1.91. The number of esters is 1. The van der Waals surface area contributed by atoms with Gasteiger partial charge in [0.25, 0.3) is 5.91 Å². The standard InChI is InChI=1S/C22H23NO6/c1-4-28-22(26)12-7-16-5-9-18(10-6-16)23-21(25)14-29-19-11-8-17(15(2)24)13-20(19)27-3/h5-13H,4,14H2,1-3H3,(H,23,25). The maximum atomic E-state index is 12.1. The van der Waals surface area contributed by atoms with E-state index >= 15 is 0 Å². The third kappa shape index (κ3) is 6.80. The van der Waals surface area contributed by atoms with E-state index in [1.54, 1.807) is 55.5 Å². The van der Waals surface area contributed by atoms with Gasteiger partial charge in [-0.15, -0.1) is 0 Å². The lowest BCUT2D eigenvalue weighted by atomic mass is 10.1. The molecule has 0 atom stereocenters. The molecule has 152 valence electrons. The van der Waals surface area contributed by atoms with Crippen LogP contribution in [0, 0.1) is 0 Å². The van der Waals surface area contributed by atoms with E-state index in [9.17, 15) is 14.4 Å². The van der Waals surface area contributed by atoms with Crippen LogP contribution in [0.15, 0.2) is 48.5 Å². The molecule has 0 bridgehead atoms. The fourth-order valence-electron chi connectivity index (χ4n) is 2.38. The van der Waals surface area contributed by atoms with Gasteiger partial charge in [-0.05, 0) is 55.8 Å². The molecule has 7 heteroatoms. The van der Waals surface area contributed by atoms with Gasteiger partial charge in [0.15, 0.2) is 23.9 Å². The monoisotopic (exact) mass is 397 g/mol. The molecule has 0 saturated carbocycles. The molecule has 0 heterocycles. The van der Waals surface area contributed by atoms with E-state index < -0.39 is 5.97 Å². The predicted octanol–water partition coefficient (Wildman–Crippen LogP) is 3.49. The number of hydrogen-bond acceptors (Lipinski definition) is 6. The van der Waals surface area contributed by atoms with Gasteiger partial charge in [-0.1, -0.05) is 12.1 Å². The minimum absolute atomic E-state index is 0.0897. The van der Waals surface area contributed by atoms with Crippen molar-refractivity contribution in [1.29, 1.82) is 0 Å². The van der Waals surface area contributed by atoms with Gasteiger partial charge in [0.2, 0.25) is 0 Å². The summed E-state index contributed by atoms with van der Waals surface area (Å²) < 4.78 is 15.5. The van der Waals surface area contributed by atoms with Crippen molar-refractivity contribution in [3.63, 3.8) is 0 Å². The summed E-state index contributed by atoms with van der Waals surface area (Å²) in [6.45, 7) is 3.30. The number of amides is 1. The van der Waals surface area contributed by atoms with Gasteiger partial charge in [0.05, 0.1) is 13.7 Å². The zero-order valence-electron chi connectivity index (χ0n) is 16.6. The molecule has 0 fully saturated rings. The smallest absolute Gasteiger partial charge is 0.330 e. The van der Waals surface area contributed by atoms with Crippen molar-refractivity contribution >= 4 is 29.4 Å². The number of benzene rings is 2. The van der Waals surface area contributed by atoms with Crippen LogP contribution in [0.2, 0.25) is 0 Å². The summed E-state index contributed by atoms with van der Waals surface area (Å²) in [7, 11) is 1.46. The van der Waals surface area contributed by atoms with Crippen molar-refractivity contribution in [3.05, 3.63) is 59.7 Å². The van der Waals surface area contributed by atoms with Gasteiger partial charge in [-0.25, -0.2) is 4.79 Å². The van der Waals surface area contributed by atoms with Crippen LogP contribution in [0.5, 0.6) is 11.5 Å². The van der Waals surface area contributed by atoms with Crippen LogP contribution in [0.3, 0.4) is 0 Å². The number of carbonyl (C=O) groups excluding carboxylic acids is 3. The molecule has 29 heavy (non-hydrogen) atoms. The minimum atomic E-state index is -0.409. The Bertz CT molecular complexity index is 902. The normalized spacial score (nSPS) is 10.4. The quantitative estimate of drug-likeness (QED) is 0.396. The Morgan fingerprint density at radius 3 is 2.38 bits per heavy atom. The van der Waals surface area contributed by atoms with Gasteiger partial charge in [-0.3, -0.25) is 9.59 Å². The van der Waals surface area contributed by atoms with Crippen molar-refractivity contribution in [2.45, 2.75) is 13.8 Å². The number of rotatable bonds is 9. The highest BCUT2D eigenvalue weighted by atomic mass is 16.5. The summed E-state index contributed by atoms with van der Waals surface area (Å²) in [5, 5.41) is 2.72. The summed E-state index contributed by atoms with van der Waals surface area (Å²) in [6, 6.07) is 11.7. The Morgan fingerprint density at radius 2 is 1.76 bits per heavy atom. The summed E-state index contributed by atoms with van der Waals surface area (Å²) >= 11 is 0.